The lowest BCUT2D eigenvalue weighted by molar-refractivity contribution is -0.870. The topological polar surface area (TPSA) is 55.6 Å². The Balaban J connectivity index is 1.87. The van der Waals surface area contributed by atoms with E-state index in [4.69, 9.17) is 4.74 Å². The van der Waals surface area contributed by atoms with E-state index in [1.54, 1.807) is 12.1 Å². The summed E-state index contributed by atoms with van der Waals surface area (Å²) in [7, 11) is 6.47. The zero-order valence-corrected chi connectivity index (χ0v) is 17.0. The van der Waals surface area contributed by atoms with E-state index in [0.717, 1.165) is 22.4 Å². The first-order valence-electron chi connectivity index (χ1n) is 9.39. The molecule has 2 aliphatic rings. The molecular weight excluding hydrogens is 354 g/mol. The van der Waals surface area contributed by atoms with Crippen molar-refractivity contribution in [2.45, 2.75) is 25.0 Å². The molecule has 2 aromatic rings. The number of nitro groups is 1. The van der Waals surface area contributed by atoms with Gasteiger partial charge in [-0.2, -0.15) is 0 Å². The van der Waals surface area contributed by atoms with Gasteiger partial charge in [0.25, 0.3) is 5.69 Å². The van der Waals surface area contributed by atoms with Crippen molar-refractivity contribution >= 4 is 17.5 Å². The van der Waals surface area contributed by atoms with Gasteiger partial charge >= 0.3 is 0 Å². The van der Waals surface area contributed by atoms with Crippen molar-refractivity contribution in [3.8, 4) is 5.75 Å². The molecule has 0 aliphatic carbocycles. The Morgan fingerprint density at radius 1 is 1.14 bits per heavy atom. The minimum absolute atomic E-state index is 0.0696. The van der Waals surface area contributed by atoms with Gasteiger partial charge in [0.05, 0.1) is 31.5 Å². The summed E-state index contributed by atoms with van der Waals surface area (Å²) in [6, 6.07) is 13.2. The summed E-state index contributed by atoms with van der Waals surface area (Å²) in [6.07, 6.45) is 4.02. The average molecular weight is 380 g/mol. The van der Waals surface area contributed by atoms with Crippen LogP contribution >= 0.6 is 0 Å². The molecule has 1 atom stereocenters. The Morgan fingerprint density at radius 3 is 2.54 bits per heavy atom. The molecule has 0 bridgehead atoms. The minimum Gasteiger partial charge on any atom is -0.463 e. The first-order valence-corrected chi connectivity index (χ1v) is 9.39. The number of hydrogen-bond donors (Lipinski definition) is 0. The minimum atomic E-state index is -0.703. The fourth-order valence-corrected chi connectivity index (χ4v) is 4.31. The lowest BCUT2D eigenvalue weighted by Gasteiger charge is -2.48. The van der Waals surface area contributed by atoms with Crippen LogP contribution in [-0.4, -0.2) is 42.9 Å². The number of non-ortho nitro benzene ring substituents is 1. The van der Waals surface area contributed by atoms with Crippen molar-refractivity contribution < 1.29 is 14.1 Å². The van der Waals surface area contributed by atoms with Gasteiger partial charge in [0, 0.05) is 23.4 Å². The van der Waals surface area contributed by atoms with E-state index < -0.39 is 5.72 Å². The molecule has 0 radical (unpaired) electrons. The van der Waals surface area contributed by atoms with Crippen molar-refractivity contribution in [1.82, 2.24) is 0 Å². The van der Waals surface area contributed by atoms with Crippen molar-refractivity contribution in [3.63, 3.8) is 0 Å². The van der Waals surface area contributed by atoms with Crippen LogP contribution in [0.25, 0.3) is 6.08 Å². The molecule has 28 heavy (non-hydrogen) atoms. The van der Waals surface area contributed by atoms with Gasteiger partial charge in [-0.15, -0.1) is 0 Å². The molecule has 2 aliphatic heterocycles. The second-order valence-corrected chi connectivity index (χ2v) is 9.11. The summed E-state index contributed by atoms with van der Waals surface area (Å²) in [5.41, 5.74) is 2.19. The molecule has 0 amide bonds. The largest absolute Gasteiger partial charge is 0.463 e. The predicted octanol–water partition coefficient (Wildman–Crippen LogP) is 4.16. The molecule has 0 saturated heterocycles. The van der Waals surface area contributed by atoms with Gasteiger partial charge in [-0.3, -0.25) is 15.0 Å². The molecule has 2 aromatic carbocycles. The summed E-state index contributed by atoms with van der Waals surface area (Å²) in [6.45, 7) is 5.15. The zero-order chi connectivity index (χ0) is 20.3. The van der Waals surface area contributed by atoms with Gasteiger partial charge in [-0.1, -0.05) is 18.2 Å². The normalized spacial score (nSPS) is 22.0. The monoisotopic (exact) mass is 380 g/mol. The van der Waals surface area contributed by atoms with Crippen LogP contribution in [0.5, 0.6) is 5.75 Å². The summed E-state index contributed by atoms with van der Waals surface area (Å²) in [5, 5.41) is 11.1. The van der Waals surface area contributed by atoms with Crippen LogP contribution in [0.15, 0.2) is 48.5 Å². The fourth-order valence-electron chi connectivity index (χ4n) is 4.31. The number of nitro benzene ring substituents is 1. The number of hydrogen-bond acceptors (Lipinski definition) is 4. The van der Waals surface area contributed by atoms with Crippen molar-refractivity contribution in [3.05, 3.63) is 69.8 Å². The number of nitrogens with zero attached hydrogens (tertiary/aromatic N) is 3. The van der Waals surface area contributed by atoms with Crippen LogP contribution in [0.2, 0.25) is 0 Å². The van der Waals surface area contributed by atoms with Crippen molar-refractivity contribution in [1.29, 1.82) is 0 Å². The van der Waals surface area contributed by atoms with E-state index in [1.807, 2.05) is 6.08 Å². The number of anilines is 1. The van der Waals surface area contributed by atoms with Gasteiger partial charge in [0.1, 0.15) is 5.75 Å². The maximum atomic E-state index is 11.1. The zero-order valence-electron chi connectivity index (χ0n) is 17.0. The molecule has 6 heteroatoms. The van der Waals surface area contributed by atoms with E-state index in [9.17, 15) is 10.1 Å². The number of ether oxygens (including phenoxy) is 1. The van der Waals surface area contributed by atoms with Crippen LogP contribution in [0.4, 0.5) is 11.4 Å². The second kappa shape index (κ2) is 5.82. The van der Waals surface area contributed by atoms with Gasteiger partial charge < -0.3 is 9.22 Å². The Hall–Kier alpha value is -2.86. The van der Waals surface area contributed by atoms with Gasteiger partial charge in [-0.05, 0) is 43.7 Å². The average Bonchev–Trinajstić information content (AvgIpc) is 2.79. The molecule has 0 saturated carbocycles. The third-order valence-electron chi connectivity index (χ3n) is 5.69. The first-order chi connectivity index (χ1) is 13.1. The fraction of sp³-hybridized carbons (Fsp3) is 0.364. The summed E-state index contributed by atoms with van der Waals surface area (Å²) >= 11 is 0. The van der Waals surface area contributed by atoms with Crippen molar-refractivity contribution in [2.75, 3.05) is 32.7 Å². The van der Waals surface area contributed by atoms with Gasteiger partial charge in [0.2, 0.25) is 5.72 Å². The Bertz CT molecular complexity index is 991. The molecule has 2 heterocycles. The summed E-state index contributed by atoms with van der Waals surface area (Å²) in [5.74, 6) is 0.667. The molecule has 0 N–H and O–H groups in total. The molecule has 4 rings (SSSR count). The Kier molecular flexibility index (Phi) is 3.84. The van der Waals surface area contributed by atoms with Crippen LogP contribution < -0.4 is 9.64 Å². The smallest absolute Gasteiger partial charge is 0.270 e. The number of rotatable bonds is 3. The highest BCUT2D eigenvalue weighted by Gasteiger charge is 2.59. The van der Waals surface area contributed by atoms with E-state index in [2.05, 4.69) is 70.2 Å². The number of quaternary nitrogens is 1. The third kappa shape index (κ3) is 2.59. The van der Waals surface area contributed by atoms with E-state index in [0.29, 0.717) is 5.75 Å². The quantitative estimate of drug-likeness (QED) is 0.456. The third-order valence-corrected chi connectivity index (χ3v) is 5.69. The Labute approximate surface area is 165 Å². The highest BCUT2D eigenvalue weighted by Crippen LogP contribution is 2.55. The molecule has 0 aromatic heterocycles. The molecule has 1 spiro atoms. The van der Waals surface area contributed by atoms with E-state index in [1.165, 1.54) is 11.6 Å². The SMILES string of the molecule is CC1(C)c2ccccc2N(C[N+](C)(C)C)C12C=Cc1cc([N+](=O)[O-])ccc1O2. The lowest BCUT2D eigenvalue weighted by atomic mass is 9.76. The molecule has 0 fully saturated rings. The maximum absolute atomic E-state index is 11.1. The number of fused-ring (bicyclic) bond motifs is 2. The summed E-state index contributed by atoms with van der Waals surface area (Å²) < 4.78 is 7.42. The highest BCUT2D eigenvalue weighted by molar-refractivity contribution is 5.73. The predicted molar refractivity (Wildman–Crippen MR) is 110 cm³/mol. The standard InChI is InChI=1S/C22H26N3O3/c1-21(2)18-8-6-7-9-19(18)23(15-25(3,4)5)22(21)13-12-16-14-17(24(26)27)10-11-20(16)28-22/h6-14H,15H2,1-5H3/q+1. The lowest BCUT2D eigenvalue weighted by Crippen LogP contribution is -2.63. The van der Waals surface area contributed by atoms with Gasteiger partial charge in [0.15, 0.2) is 6.67 Å². The second-order valence-electron chi connectivity index (χ2n) is 9.11. The highest BCUT2D eigenvalue weighted by atomic mass is 16.6. The molecule has 1 unspecified atom stereocenters. The molecular formula is C22H26N3O3+. The van der Waals surface area contributed by atoms with Gasteiger partial charge in [-0.25, -0.2) is 0 Å². The summed E-state index contributed by atoms with van der Waals surface area (Å²) in [4.78, 5) is 13.1. The maximum Gasteiger partial charge on any atom is 0.270 e. The number of benzene rings is 2. The molecule has 6 nitrogen and oxygen atoms in total. The van der Waals surface area contributed by atoms with Crippen LogP contribution in [0, 0.1) is 10.1 Å². The Morgan fingerprint density at radius 2 is 1.86 bits per heavy atom. The van der Waals surface area contributed by atoms with Crippen LogP contribution in [0.3, 0.4) is 0 Å². The van der Waals surface area contributed by atoms with Crippen LogP contribution in [-0.2, 0) is 5.41 Å². The van der Waals surface area contributed by atoms with Crippen LogP contribution in [0.1, 0.15) is 25.0 Å². The molecule has 146 valence electrons. The van der Waals surface area contributed by atoms with E-state index >= 15 is 0 Å². The number of para-hydroxylation sites is 1. The van der Waals surface area contributed by atoms with E-state index in [-0.39, 0.29) is 16.0 Å². The first kappa shape index (κ1) is 18.5. The van der Waals surface area contributed by atoms with Crippen molar-refractivity contribution in [2.24, 2.45) is 0 Å².